The second kappa shape index (κ2) is 7.66. The number of carbonyl (C=O) groups is 1. The highest BCUT2D eigenvalue weighted by Crippen LogP contribution is 2.11. The summed E-state index contributed by atoms with van der Waals surface area (Å²) in [5.41, 5.74) is 1.36. The minimum absolute atomic E-state index is 0.0407. The minimum atomic E-state index is 0.0407. The zero-order valence-corrected chi connectivity index (χ0v) is 11.8. The van der Waals surface area contributed by atoms with Crippen LogP contribution >= 0.6 is 0 Å². The standard InChI is InChI=1S/C16H21N3O/c17-13-14-5-7-15(8-6-14)18-16(20)9-12-19-10-3-1-2-4-11-19/h5-8H,1-4,9-12H2,(H,18,20). The van der Waals surface area contributed by atoms with Gasteiger partial charge >= 0.3 is 0 Å². The van der Waals surface area contributed by atoms with Crippen molar-refractivity contribution in [2.24, 2.45) is 0 Å². The molecule has 0 atom stereocenters. The Bertz CT molecular complexity index is 467. The first-order chi connectivity index (χ1) is 9.78. The second-order valence-corrected chi connectivity index (χ2v) is 5.24. The molecule has 4 nitrogen and oxygen atoms in total. The maximum absolute atomic E-state index is 11.9. The van der Waals surface area contributed by atoms with Crippen LogP contribution in [0, 0.1) is 11.3 Å². The van der Waals surface area contributed by atoms with Crippen molar-refractivity contribution in [2.75, 3.05) is 25.0 Å². The molecule has 1 aromatic carbocycles. The number of rotatable bonds is 4. The molecule has 0 saturated carbocycles. The summed E-state index contributed by atoms with van der Waals surface area (Å²) in [6.07, 6.45) is 5.65. The van der Waals surface area contributed by atoms with Crippen molar-refractivity contribution in [3.05, 3.63) is 29.8 Å². The van der Waals surface area contributed by atoms with Crippen LogP contribution in [0.2, 0.25) is 0 Å². The summed E-state index contributed by atoms with van der Waals surface area (Å²) in [6, 6.07) is 9.02. The van der Waals surface area contributed by atoms with Crippen molar-refractivity contribution in [1.82, 2.24) is 4.90 Å². The van der Waals surface area contributed by atoms with Gasteiger partial charge in [-0.05, 0) is 50.2 Å². The third kappa shape index (κ3) is 4.67. The highest BCUT2D eigenvalue weighted by Gasteiger charge is 2.10. The fourth-order valence-corrected chi connectivity index (χ4v) is 2.47. The first-order valence-corrected chi connectivity index (χ1v) is 7.30. The molecular weight excluding hydrogens is 250 g/mol. The summed E-state index contributed by atoms with van der Waals surface area (Å²) in [5, 5.41) is 11.6. The van der Waals surface area contributed by atoms with Crippen LogP contribution in [0.3, 0.4) is 0 Å². The van der Waals surface area contributed by atoms with E-state index in [2.05, 4.69) is 16.3 Å². The van der Waals surface area contributed by atoms with Gasteiger partial charge < -0.3 is 10.2 Å². The molecule has 1 fully saturated rings. The molecule has 1 amide bonds. The Labute approximate surface area is 120 Å². The van der Waals surface area contributed by atoms with Crippen molar-refractivity contribution < 1.29 is 4.79 Å². The molecule has 1 heterocycles. The van der Waals surface area contributed by atoms with Gasteiger partial charge in [0.15, 0.2) is 0 Å². The van der Waals surface area contributed by atoms with Crippen LogP contribution in [0.5, 0.6) is 0 Å². The van der Waals surface area contributed by atoms with Gasteiger partial charge in [-0.1, -0.05) is 12.8 Å². The predicted molar refractivity (Wildman–Crippen MR) is 79.3 cm³/mol. The Hall–Kier alpha value is -1.86. The quantitative estimate of drug-likeness (QED) is 0.916. The number of nitrogens with one attached hydrogen (secondary N) is 1. The third-order valence-electron chi connectivity index (χ3n) is 3.65. The number of likely N-dealkylation sites (tertiary alicyclic amines) is 1. The molecule has 0 bridgehead atoms. The Morgan fingerprint density at radius 3 is 2.40 bits per heavy atom. The number of nitrogens with zero attached hydrogens (tertiary/aromatic N) is 2. The van der Waals surface area contributed by atoms with Crippen molar-refractivity contribution in [1.29, 1.82) is 5.26 Å². The van der Waals surface area contributed by atoms with Crippen LogP contribution in [0.25, 0.3) is 0 Å². The van der Waals surface area contributed by atoms with Crippen LogP contribution in [-0.2, 0) is 4.79 Å². The maximum Gasteiger partial charge on any atom is 0.225 e. The highest BCUT2D eigenvalue weighted by molar-refractivity contribution is 5.90. The lowest BCUT2D eigenvalue weighted by Crippen LogP contribution is -2.28. The Kier molecular flexibility index (Phi) is 5.57. The lowest BCUT2D eigenvalue weighted by atomic mass is 10.2. The molecule has 2 rings (SSSR count). The molecule has 0 radical (unpaired) electrons. The summed E-state index contributed by atoms with van der Waals surface area (Å²) >= 11 is 0. The summed E-state index contributed by atoms with van der Waals surface area (Å²) in [7, 11) is 0. The molecule has 106 valence electrons. The van der Waals surface area contributed by atoms with E-state index < -0.39 is 0 Å². The smallest absolute Gasteiger partial charge is 0.225 e. The monoisotopic (exact) mass is 271 g/mol. The van der Waals surface area contributed by atoms with Crippen LogP contribution in [0.15, 0.2) is 24.3 Å². The molecule has 1 saturated heterocycles. The average molecular weight is 271 g/mol. The van der Waals surface area contributed by atoms with Gasteiger partial charge in [0.05, 0.1) is 11.6 Å². The van der Waals surface area contributed by atoms with E-state index in [1.807, 2.05) is 0 Å². The van der Waals surface area contributed by atoms with Crippen molar-refractivity contribution in [2.45, 2.75) is 32.1 Å². The number of benzene rings is 1. The normalized spacial score (nSPS) is 16.1. The Morgan fingerprint density at radius 2 is 1.80 bits per heavy atom. The summed E-state index contributed by atoms with van der Waals surface area (Å²) in [6.45, 7) is 3.07. The predicted octanol–water partition coefficient (Wildman–Crippen LogP) is 2.76. The van der Waals surface area contributed by atoms with Gasteiger partial charge in [-0.2, -0.15) is 5.26 Å². The SMILES string of the molecule is N#Cc1ccc(NC(=O)CCN2CCCCCC2)cc1. The number of anilines is 1. The van der Waals surface area contributed by atoms with Crippen LogP contribution in [0.4, 0.5) is 5.69 Å². The molecule has 0 aromatic heterocycles. The molecule has 20 heavy (non-hydrogen) atoms. The van der Waals surface area contributed by atoms with Gasteiger partial charge in [0.1, 0.15) is 0 Å². The minimum Gasteiger partial charge on any atom is -0.326 e. The van der Waals surface area contributed by atoms with E-state index >= 15 is 0 Å². The number of nitriles is 1. The highest BCUT2D eigenvalue weighted by atomic mass is 16.1. The zero-order valence-electron chi connectivity index (χ0n) is 11.8. The van der Waals surface area contributed by atoms with Gasteiger partial charge in [-0.25, -0.2) is 0 Å². The maximum atomic E-state index is 11.9. The van der Waals surface area contributed by atoms with Crippen molar-refractivity contribution in [3.8, 4) is 6.07 Å². The number of hydrogen-bond acceptors (Lipinski definition) is 3. The lowest BCUT2D eigenvalue weighted by molar-refractivity contribution is -0.116. The lowest BCUT2D eigenvalue weighted by Gasteiger charge is -2.19. The number of amides is 1. The van der Waals surface area contributed by atoms with E-state index in [0.29, 0.717) is 12.0 Å². The molecule has 1 N–H and O–H groups in total. The average Bonchev–Trinajstić information content (AvgIpc) is 2.74. The molecular formula is C16H21N3O. The molecule has 0 spiro atoms. The van der Waals surface area contributed by atoms with E-state index in [0.717, 1.165) is 25.3 Å². The Balaban J connectivity index is 1.75. The van der Waals surface area contributed by atoms with Gasteiger partial charge in [0, 0.05) is 18.7 Å². The largest absolute Gasteiger partial charge is 0.326 e. The first kappa shape index (κ1) is 14.5. The molecule has 0 unspecified atom stereocenters. The number of carbonyl (C=O) groups excluding carboxylic acids is 1. The van der Waals surface area contributed by atoms with E-state index in [1.54, 1.807) is 24.3 Å². The van der Waals surface area contributed by atoms with E-state index in [1.165, 1.54) is 25.7 Å². The van der Waals surface area contributed by atoms with Gasteiger partial charge in [-0.15, -0.1) is 0 Å². The van der Waals surface area contributed by atoms with E-state index in [9.17, 15) is 4.79 Å². The fourth-order valence-electron chi connectivity index (χ4n) is 2.47. The molecule has 4 heteroatoms. The number of hydrogen-bond donors (Lipinski definition) is 1. The van der Waals surface area contributed by atoms with Crippen LogP contribution in [0.1, 0.15) is 37.7 Å². The van der Waals surface area contributed by atoms with Gasteiger partial charge in [0.2, 0.25) is 5.91 Å². The summed E-state index contributed by atoms with van der Waals surface area (Å²) in [4.78, 5) is 14.3. The topological polar surface area (TPSA) is 56.1 Å². The van der Waals surface area contributed by atoms with Crippen molar-refractivity contribution in [3.63, 3.8) is 0 Å². The molecule has 1 aliphatic rings. The molecule has 1 aromatic rings. The van der Waals surface area contributed by atoms with Crippen LogP contribution in [-0.4, -0.2) is 30.4 Å². The van der Waals surface area contributed by atoms with E-state index in [4.69, 9.17) is 5.26 Å². The zero-order chi connectivity index (χ0) is 14.2. The fraction of sp³-hybridized carbons (Fsp3) is 0.500. The molecule has 1 aliphatic heterocycles. The van der Waals surface area contributed by atoms with Crippen LogP contribution < -0.4 is 5.32 Å². The van der Waals surface area contributed by atoms with Gasteiger partial charge in [0.25, 0.3) is 0 Å². The van der Waals surface area contributed by atoms with E-state index in [-0.39, 0.29) is 5.91 Å². The van der Waals surface area contributed by atoms with Crippen molar-refractivity contribution >= 4 is 11.6 Å². The summed E-state index contributed by atoms with van der Waals surface area (Å²) in [5.74, 6) is 0.0407. The first-order valence-electron chi connectivity index (χ1n) is 7.30. The third-order valence-corrected chi connectivity index (χ3v) is 3.65. The Morgan fingerprint density at radius 1 is 1.15 bits per heavy atom. The van der Waals surface area contributed by atoms with Gasteiger partial charge in [-0.3, -0.25) is 4.79 Å². The second-order valence-electron chi connectivity index (χ2n) is 5.24. The summed E-state index contributed by atoms with van der Waals surface area (Å²) < 4.78 is 0. The molecule has 0 aliphatic carbocycles.